The summed E-state index contributed by atoms with van der Waals surface area (Å²) in [7, 11) is 1.81. The third-order valence-electron chi connectivity index (χ3n) is 3.70. The number of halogens is 1. The van der Waals surface area contributed by atoms with Crippen LogP contribution in [0.25, 0.3) is 5.69 Å². The molecule has 0 atom stereocenters. The number of benzene rings is 1. The van der Waals surface area contributed by atoms with Gasteiger partial charge in [-0.2, -0.15) is 0 Å². The van der Waals surface area contributed by atoms with Crippen LogP contribution in [0.15, 0.2) is 48.0 Å². The molecule has 0 saturated heterocycles. The fourth-order valence-corrected chi connectivity index (χ4v) is 2.28. The summed E-state index contributed by atoms with van der Waals surface area (Å²) in [6.07, 6.45) is 8.25. The Balaban J connectivity index is 0.00000176. The van der Waals surface area contributed by atoms with Gasteiger partial charge < -0.3 is 15.2 Å². The molecule has 5 nitrogen and oxygen atoms in total. The van der Waals surface area contributed by atoms with Gasteiger partial charge in [0.05, 0.1) is 12.0 Å². The average Bonchev–Trinajstić information content (AvgIpc) is 3.19. The monoisotopic (exact) mass is 411 g/mol. The fourth-order valence-electron chi connectivity index (χ4n) is 2.28. The maximum absolute atomic E-state index is 4.27. The van der Waals surface area contributed by atoms with Crippen LogP contribution in [0.3, 0.4) is 0 Å². The lowest BCUT2D eigenvalue weighted by Crippen LogP contribution is -2.38. The molecule has 3 rings (SSSR count). The Bertz CT molecular complexity index is 605. The molecule has 0 radical (unpaired) electrons. The summed E-state index contributed by atoms with van der Waals surface area (Å²) in [5, 5.41) is 6.75. The molecular weight excluding hydrogens is 389 g/mol. The van der Waals surface area contributed by atoms with Gasteiger partial charge in [0, 0.05) is 32.5 Å². The minimum absolute atomic E-state index is 0. The molecule has 0 bridgehead atoms. The van der Waals surface area contributed by atoms with Crippen molar-refractivity contribution in [3.63, 3.8) is 0 Å². The molecule has 0 amide bonds. The van der Waals surface area contributed by atoms with Crippen LogP contribution in [0.2, 0.25) is 0 Å². The van der Waals surface area contributed by atoms with Crippen molar-refractivity contribution in [1.29, 1.82) is 0 Å². The Kier molecular flexibility index (Phi) is 6.23. The lowest BCUT2D eigenvalue weighted by Gasteiger charge is -2.14. The third-order valence-corrected chi connectivity index (χ3v) is 3.70. The number of imidazole rings is 1. The zero-order valence-electron chi connectivity index (χ0n) is 12.7. The van der Waals surface area contributed by atoms with E-state index in [2.05, 4.69) is 38.8 Å². The molecule has 2 aromatic rings. The molecule has 118 valence electrons. The highest BCUT2D eigenvalue weighted by molar-refractivity contribution is 14.0. The second-order valence-electron chi connectivity index (χ2n) is 5.35. The van der Waals surface area contributed by atoms with E-state index in [1.165, 1.54) is 18.4 Å². The first-order chi connectivity index (χ1) is 10.4. The van der Waals surface area contributed by atoms with E-state index in [0.717, 1.165) is 30.7 Å². The topological polar surface area (TPSA) is 54.2 Å². The second kappa shape index (κ2) is 8.17. The number of rotatable bonds is 5. The number of aromatic nitrogens is 2. The van der Waals surface area contributed by atoms with Gasteiger partial charge in [0.25, 0.3) is 0 Å². The molecule has 22 heavy (non-hydrogen) atoms. The third kappa shape index (κ3) is 4.46. The Morgan fingerprint density at radius 1 is 1.32 bits per heavy atom. The standard InChI is InChI=1S/C16H21N5.HI/c1-17-16(19-10-13-6-7-13)20-11-14-4-2-3-5-15(14)21-9-8-18-12-21;/h2-5,8-9,12-13H,6-7,10-11H2,1H3,(H2,17,19,20);1H. The largest absolute Gasteiger partial charge is 0.356 e. The lowest BCUT2D eigenvalue weighted by molar-refractivity contribution is 0.736. The van der Waals surface area contributed by atoms with Crippen LogP contribution < -0.4 is 10.6 Å². The molecule has 2 N–H and O–H groups in total. The molecule has 0 unspecified atom stereocenters. The number of para-hydroxylation sites is 1. The molecule has 1 aromatic heterocycles. The van der Waals surface area contributed by atoms with Crippen molar-refractivity contribution in [2.24, 2.45) is 10.9 Å². The number of hydrogen-bond acceptors (Lipinski definition) is 2. The zero-order chi connectivity index (χ0) is 14.5. The van der Waals surface area contributed by atoms with Crippen molar-refractivity contribution in [2.75, 3.05) is 13.6 Å². The zero-order valence-corrected chi connectivity index (χ0v) is 15.0. The number of guanidine groups is 1. The molecular formula is C16H22IN5. The molecule has 1 fully saturated rings. The van der Waals surface area contributed by atoms with Gasteiger partial charge in [-0.3, -0.25) is 4.99 Å². The highest BCUT2D eigenvalue weighted by atomic mass is 127. The van der Waals surface area contributed by atoms with Gasteiger partial charge in [0.2, 0.25) is 0 Å². The molecule has 1 heterocycles. The van der Waals surface area contributed by atoms with E-state index in [9.17, 15) is 0 Å². The van der Waals surface area contributed by atoms with Crippen LogP contribution in [0, 0.1) is 5.92 Å². The van der Waals surface area contributed by atoms with Gasteiger partial charge in [0.15, 0.2) is 5.96 Å². The van der Waals surface area contributed by atoms with Gasteiger partial charge in [0.1, 0.15) is 0 Å². The first-order valence-corrected chi connectivity index (χ1v) is 7.37. The van der Waals surface area contributed by atoms with Crippen LogP contribution in [0.5, 0.6) is 0 Å². The SMILES string of the molecule is CN=C(NCc1ccccc1-n1ccnc1)NCC1CC1.I. The van der Waals surface area contributed by atoms with Gasteiger partial charge >= 0.3 is 0 Å². The summed E-state index contributed by atoms with van der Waals surface area (Å²) in [4.78, 5) is 8.38. The van der Waals surface area contributed by atoms with Crippen LogP contribution in [0.4, 0.5) is 0 Å². The van der Waals surface area contributed by atoms with Gasteiger partial charge in [-0.05, 0) is 30.4 Å². The van der Waals surface area contributed by atoms with Gasteiger partial charge in [-0.25, -0.2) is 4.98 Å². The lowest BCUT2D eigenvalue weighted by atomic mass is 10.1. The fraction of sp³-hybridized carbons (Fsp3) is 0.375. The summed E-state index contributed by atoms with van der Waals surface area (Å²) in [5.74, 6) is 1.70. The van der Waals surface area contributed by atoms with Gasteiger partial charge in [-0.15, -0.1) is 24.0 Å². The summed E-state index contributed by atoms with van der Waals surface area (Å²) in [5.41, 5.74) is 2.35. The van der Waals surface area contributed by atoms with Crippen LogP contribution >= 0.6 is 24.0 Å². The van der Waals surface area contributed by atoms with E-state index in [1.807, 2.05) is 30.2 Å². The van der Waals surface area contributed by atoms with Crippen molar-refractivity contribution in [1.82, 2.24) is 20.2 Å². The Morgan fingerprint density at radius 3 is 2.82 bits per heavy atom. The van der Waals surface area contributed by atoms with E-state index in [0.29, 0.717) is 0 Å². The molecule has 6 heteroatoms. The van der Waals surface area contributed by atoms with Crippen molar-refractivity contribution in [3.8, 4) is 5.69 Å². The van der Waals surface area contributed by atoms with Crippen LogP contribution in [-0.4, -0.2) is 29.1 Å². The van der Waals surface area contributed by atoms with Gasteiger partial charge in [-0.1, -0.05) is 18.2 Å². The van der Waals surface area contributed by atoms with Crippen LogP contribution in [0.1, 0.15) is 18.4 Å². The molecule has 1 aliphatic rings. The van der Waals surface area contributed by atoms with E-state index >= 15 is 0 Å². The molecule has 0 aliphatic heterocycles. The number of nitrogens with zero attached hydrogens (tertiary/aromatic N) is 3. The van der Waals surface area contributed by atoms with Crippen molar-refractivity contribution in [3.05, 3.63) is 48.5 Å². The summed E-state index contributed by atoms with van der Waals surface area (Å²) in [6, 6.07) is 8.31. The highest BCUT2D eigenvalue weighted by Crippen LogP contribution is 2.27. The average molecular weight is 411 g/mol. The quantitative estimate of drug-likeness (QED) is 0.452. The van der Waals surface area contributed by atoms with E-state index in [-0.39, 0.29) is 24.0 Å². The number of aliphatic imine (C=N–C) groups is 1. The minimum Gasteiger partial charge on any atom is -0.356 e. The summed E-state index contributed by atoms with van der Waals surface area (Å²) >= 11 is 0. The van der Waals surface area contributed by atoms with Crippen LogP contribution in [-0.2, 0) is 6.54 Å². The molecule has 0 spiro atoms. The highest BCUT2D eigenvalue weighted by Gasteiger charge is 2.21. The molecule has 1 saturated carbocycles. The Morgan fingerprint density at radius 2 is 2.14 bits per heavy atom. The van der Waals surface area contributed by atoms with Crippen molar-refractivity contribution >= 4 is 29.9 Å². The first kappa shape index (κ1) is 16.8. The van der Waals surface area contributed by atoms with Crippen molar-refractivity contribution in [2.45, 2.75) is 19.4 Å². The van der Waals surface area contributed by atoms with E-state index in [4.69, 9.17) is 0 Å². The predicted molar refractivity (Wildman–Crippen MR) is 99.9 cm³/mol. The number of hydrogen-bond donors (Lipinski definition) is 2. The summed E-state index contributed by atoms with van der Waals surface area (Å²) in [6.45, 7) is 1.75. The minimum atomic E-state index is 0. The Labute approximate surface area is 148 Å². The maximum atomic E-state index is 4.27. The predicted octanol–water partition coefficient (Wildman–Crippen LogP) is 2.57. The molecule has 1 aliphatic carbocycles. The van der Waals surface area contributed by atoms with E-state index in [1.54, 1.807) is 6.20 Å². The first-order valence-electron chi connectivity index (χ1n) is 7.37. The smallest absolute Gasteiger partial charge is 0.191 e. The Hall–Kier alpha value is -1.57. The summed E-state index contributed by atoms with van der Waals surface area (Å²) < 4.78 is 2.03. The molecule has 1 aromatic carbocycles. The van der Waals surface area contributed by atoms with E-state index < -0.39 is 0 Å². The van der Waals surface area contributed by atoms with Crippen molar-refractivity contribution < 1.29 is 0 Å². The maximum Gasteiger partial charge on any atom is 0.191 e. The normalized spacial score (nSPS) is 14.3. The second-order valence-corrected chi connectivity index (χ2v) is 5.35. The number of nitrogens with one attached hydrogen (secondary N) is 2.